The number of fused-ring (bicyclic) bond motifs is 5. The van der Waals surface area contributed by atoms with E-state index in [0.717, 1.165) is 23.9 Å². The smallest absolute Gasteiger partial charge is 0.122 e. The Morgan fingerprint density at radius 2 is 1.38 bits per heavy atom. The number of aromatic hydroxyl groups is 1. The summed E-state index contributed by atoms with van der Waals surface area (Å²) in [7, 11) is 0. The predicted molar refractivity (Wildman–Crippen MR) is 151 cm³/mol. The van der Waals surface area contributed by atoms with E-state index in [-0.39, 0.29) is 10.8 Å². The third-order valence-electron chi connectivity index (χ3n) is 13.4. The maximum Gasteiger partial charge on any atom is 0.122 e. The van der Waals surface area contributed by atoms with Crippen LogP contribution in [0.4, 0.5) is 0 Å². The topological polar surface area (TPSA) is 38.0 Å². The molecule has 2 aromatic carbocycles. The second kappa shape index (κ2) is 7.42. The summed E-state index contributed by atoms with van der Waals surface area (Å²) in [5, 5.41) is 12.1. The Morgan fingerprint density at radius 1 is 0.838 bits per heavy atom. The summed E-state index contributed by atoms with van der Waals surface area (Å²) in [4.78, 5) is 4.67. The van der Waals surface area contributed by atoms with Crippen LogP contribution < -0.4 is 0 Å². The van der Waals surface area contributed by atoms with Crippen molar-refractivity contribution in [1.82, 2.24) is 9.55 Å². The summed E-state index contributed by atoms with van der Waals surface area (Å²) in [6.45, 7) is 15.8. The lowest BCUT2D eigenvalue weighted by Crippen LogP contribution is -2.32. The van der Waals surface area contributed by atoms with Crippen LogP contribution >= 0.6 is 0 Å². The van der Waals surface area contributed by atoms with Crippen molar-refractivity contribution in [2.24, 2.45) is 33.5 Å². The van der Waals surface area contributed by atoms with Crippen LogP contribution in [0, 0.1) is 33.5 Å². The molecule has 1 heterocycles. The zero-order valence-corrected chi connectivity index (χ0v) is 23.6. The molecule has 0 amide bonds. The number of imidazole rings is 1. The highest BCUT2D eigenvalue weighted by Gasteiger charge is 2.63. The summed E-state index contributed by atoms with van der Waals surface area (Å²) in [6.07, 6.45) is 9.64. The lowest BCUT2D eigenvalue weighted by atomic mass is 9.63. The van der Waals surface area contributed by atoms with Crippen molar-refractivity contribution < 1.29 is 5.11 Å². The molecule has 3 nitrogen and oxygen atoms in total. The van der Waals surface area contributed by atoms with E-state index in [1.165, 1.54) is 60.7 Å². The van der Waals surface area contributed by atoms with E-state index in [1.807, 2.05) is 6.33 Å². The summed E-state index contributed by atoms with van der Waals surface area (Å²) in [6, 6.07) is 13.2. The average molecular weight is 497 g/mol. The lowest BCUT2D eigenvalue weighted by molar-refractivity contribution is 0.130. The molecule has 0 aliphatic heterocycles. The molecule has 1 N–H and O–H groups in total. The van der Waals surface area contributed by atoms with Crippen LogP contribution in [0.1, 0.15) is 109 Å². The van der Waals surface area contributed by atoms with Gasteiger partial charge in [-0.1, -0.05) is 65.8 Å². The molecular weight excluding hydrogens is 452 g/mol. The van der Waals surface area contributed by atoms with Gasteiger partial charge in [-0.3, -0.25) is 0 Å². The number of benzene rings is 2. The zero-order chi connectivity index (χ0) is 26.0. The van der Waals surface area contributed by atoms with Crippen LogP contribution in [0.3, 0.4) is 0 Å². The van der Waals surface area contributed by atoms with Crippen LogP contribution in [0.25, 0.3) is 11.0 Å². The monoisotopic (exact) mass is 496 g/mol. The molecule has 3 heteroatoms. The minimum atomic E-state index is 0.241. The van der Waals surface area contributed by atoms with Gasteiger partial charge in [0.1, 0.15) is 5.75 Å². The van der Waals surface area contributed by atoms with E-state index >= 15 is 0 Å². The van der Waals surface area contributed by atoms with Crippen molar-refractivity contribution in [1.29, 1.82) is 0 Å². The Bertz CT molecular complexity index is 1330. The Kier molecular flexibility index (Phi) is 4.77. The Balaban J connectivity index is 1.37. The average Bonchev–Trinajstić information content (AvgIpc) is 3.54. The minimum absolute atomic E-state index is 0.241. The summed E-state index contributed by atoms with van der Waals surface area (Å²) in [5.74, 6) is 3.00. The summed E-state index contributed by atoms with van der Waals surface area (Å²) >= 11 is 0. The van der Waals surface area contributed by atoms with Crippen LogP contribution in [0.2, 0.25) is 0 Å². The van der Waals surface area contributed by atoms with E-state index in [4.69, 9.17) is 0 Å². The highest BCUT2D eigenvalue weighted by atomic mass is 16.3. The van der Waals surface area contributed by atoms with Gasteiger partial charge in [-0.2, -0.15) is 0 Å². The van der Waals surface area contributed by atoms with Crippen molar-refractivity contribution in [3.8, 4) is 5.75 Å². The second-order valence-electron chi connectivity index (χ2n) is 14.8. The third-order valence-corrected chi connectivity index (χ3v) is 13.4. The number of rotatable bonds is 4. The highest BCUT2D eigenvalue weighted by molar-refractivity contribution is 5.75. The molecular formula is C34H44N2O. The largest absolute Gasteiger partial charge is 0.507 e. The van der Waals surface area contributed by atoms with E-state index in [1.54, 1.807) is 0 Å². The van der Waals surface area contributed by atoms with Gasteiger partial charge in [0.2, 0.25) is 0 Å². The number of phenols is 1. The molecule has 0 spiro atoms. The fourth-order valence-corrected chi connectivity index (χ4v) is 10.0. The standard InChI is InChI=1S/C34H44N2O/c1-31(2)22-11-13-33(31,5)26(17-22)24-15-21(19-36-20-35-28-9-7-8-10-29(28)36)16-25(30(24)37)27-18-23-12-14-34(27,6)32(23,3)4/h7-10,15-16,20,22-23,26-27,37H,11-14,17-19H2,1-6H3/t22-,23+,26+,27-,33+,34-. The first-order valence-electron chi connectivity index (χ1n) is 14.7. The van der Waals surface area contributed by atoms with Gasteiger partial charge in [-0.25, -0.2) is 4.98 Å². The van der Waals surface area contributed by atoms with Crippen molar-refractivity contribution in [2.75, 3.05) is 0 Å². The van der Waals surface area contributed by atoms with Gasteiger partial charge in [0.25, 0.3) is 0 Å². The molecule has 3 aromatic rings. The number of aromatic nitrogens is 2. The molecule has 4 saturated carbocycles. The maximum atomic E-state index is 12.1. The number of hydrogen-bond acceptors (Lipinski definition) is 2. The van der Waals surface area contributed by atoms with Gasteiger partial charge in [-0.05, 0) is 113 Å². The van der Waals surface area contributed by atoms with Crippen LogP contribution in [-0.2, 0) is 6.54 Å². The number of para-hydroxylation sites is 2. The Labute approximate surface area is 222 Å². The van der Waals surface area contributed by atoms with Crippen molar-refractivity contribution in [3.05, 3.63) is 59.4 Å². The third kappa shape index (κ3) is 2.92. The van der Waals surface area contributed by atoms with E-state index in [9.17, 15) is 5.11 Å². The van der Waals surface area contributed by atoms with Gasteiger partial charge in [0.05, 0.1) is 17.4 Å². The fraction of sp³-hybridized carbons (Fsp3) is 0.618. The van der Waals surface area contributed by atoms with Crippen LogP contribution in [0.5, 0.6) is 5.75 Å². The molecule has 1 aromatic heterocycles. The van der Waals surface area contributed by atoms with Crippen LogP contribution in [0.15, 0.2) is 42.7 Å². The molecule has 7 rings (SSSR count). The maximum absolute atomic E-state index is 12.1. The van der Waals surface area contributed by atoms with E-state index in [0.29, 0.717) is 28.4 Å². The first kappa shape index (κ1) is 23.8. The van der Waals surface area contributed by atoms with Gasteiger partial charge in [0, 0.05) is 6.54 Å². The first-order chi connectivity index (χ1) is 17.5. The SMILES string of the molecule is CC1(C)[C@@H]2CC[C@@]1(C)[C@H](c1cc(Cn3cnc4ccccc43)cc([C@H]3C[C@@H]4CC[C@@]3(C)C4(C)C)c1O)C2. The molecule has 4 fully saturated rings. The number of nitrogens with zero attached hydrogens (tertiary/aromatic N) is 2. The summed E-state index contributed by atoms with van der Waals surface area (Å²) < 4.78 is 2.29. The van der Waals surface area contributed by atoms with Crippen molar-refractivity contribution in [3.63, 3.8) is 0 Å². The predicted octanol–water partition coefficient (Wildman–Crippen LogP) is 8.65. The van der Waals surface area contributed by atoms with Gasteiger partial charge in [0.15, 0.2) is 0 Å². The van der Waals surface area contributed by atoms with E-state index in [2.05, 4.69) is 87.5 Å². The highest BCUT2D eigenvalue weighted by Crippen LogP contribution is 2.74. The van der Waals surface area contributed by atoms with Gasteiger partial charge in [-0.15, -0.1) is 0 Å². The quantitative estimate of drug-likeness (QED) is 0.392. The minimum Gasteiger partial charge on any atom is -0.507 e. The molecule has 0 unspecified atom stereocenters. The molecule has 196 valence electrons. The lowest BCUT2D eigenvalue weighted by Gasteiger charge is -2.42. The number of phenolic OH excluding ortho intramolecular Hbond substituents is 1. The van der Waals surface area contributed by atoms with E-state index < -0.39 is 0 Å². The second-order valence-corrected chi connectivity index (χ2v) is 14.8. The fourth-order valence-electron chi connectivity index (χ4n) is 10.0. The Hall–Kier alpha value is -2.29. The van der Waals surface area contributed by atoms with Crippen molar-refractivity contribution >= 4 is 11.0 Å². The molecule has 0 saturated heterocycles. The van der Waals surface area contributed by atoms with Crippen molar-refractivity contribution in [2.45, 2.75) is 98.4 Å². The molecule has 4 aliphatic rings. The molecule has 37 heavy (non-hydrogen) atoms. The first-order valence-corrected chi connectivity index (χ1v) is 14.7. The van der Waals surface area contributed by atoms with Gasteiger partial charge >= 0.3 is 0 Å². The molecule has 6 atom stereocenters. The Morgan fingerprint density at radius 3 is 1.86 bits per heavy atom. The number of hydrogen-bond donors (Lipinski definition) is 1. The summed E-state index contributed by atoms with van der Waals surface area (Å²) in [5.41, 5.74) is 7.14. The molecule has 0 radical (unpaired) electrons. The van der Waals surface area contributed by atoms with Gasteiger partial charge < -0.3 is 9.67 Å². The zero-order valence-electron chi connectivity index (χ0n) is 23.6. The normalized spacial score (nSPS) is 37.1. The van der Waals surface area contributed by atoms with Crippen LogP contribution in [-0.4, -0.2) is 14.7 Å². The molecule has 4 aliphatic carbocycles. The molecule has 4 bridgehead atoms.